The van der Waals surface area contributed by atoms with E-state index in [1.54, 1.807) is 22.3 Å². The first kappa shape index (κ1) is 57.3. The monoisotopic (exact) mass is 1160 g/mol. The molecule has 0 radical (unpaired) electrons. The minimum atomic E-state index is 1.22. The van der Waals surface area contributed by atoms with Gasteiger partial charge in [0, 0.05) is 0 Å². The third-order valence-corrected chi connectivity index (χ3v) is 20.3. The van der Waals surface area contributed by atoms with Gasteiger partial charge >= 0.3 is 0 Å². The molecule has 0 bridgehead atoms. The van der Waals surface area contributed by atoms with E-state index in [9.17, 15) is 0 Å². The van der Waals surface area contributed by atoms with E-state index in [-0.39, 0.29) is 0 Å². The molecule has 0 aromatic heterocycles. The molecule has 0 heteroatoms. The minimum absolute atomic E-state index is 1.22. The van der Waals surface area contributed by atoms with Gasteiger partial charge in [-0.2, -0.15) is 0 Å². The normalized spacial score (nSPS) is 15.5. The molecule has 0 heterocycles. The number of allylic oxidation sites excluding steroid dienone is 4. The predicted molar refractivity (Wildman–Crippen MR) is 391 cm³/mol. The van der Waals surface area contributed by atoms with Crippen LogP contribution in [-0.4, -0.2) is 0 Å². The van der Waals surface area contributed by atoms with Crippen molar-refractivity contribution < 1.29 is 0 Å². The van der Waals surface area contributed by atoms with Crippen LogP contribution in [0, 0.1) is 0 Å². The molecule has 4 aliphatic carbocycles. The van der Waals surface area contributed by atoms with Gasteiger partial charge in [-0.25, -0.2) is 0 Å². The lowest BCUT2D eigenvalue weighted by Gasteiger charge is -2.21. The van der Waals surface area contributed by atoms with Gasteiger partial charge in [-0.1, -0.05) is 291 Å². The summed E-state index contributed by atoms with van der Waals surface area (Å²) in [7, 11) is 0. The predicted octanol–water partition coefficient (Wildman–Crippen LogP) is 26.2. The highest BCUT2D eigenvalue weighted by molar-refractivity contribution is 6.26. The fourth-order valence-corrected chi connectivity index (χ4v) is 15.6. The van der Waals surface area contributed by atoms with Crippen molar-refractivity contribution in [3.05, 3.63) is 296 Å². The molecular weight excluding hydrogens is 1080 g/mol. The molecule has 0 nitrogen and oxygen atoms in total. The zero-order chi connectivity index (χ0) is 60.0. The first-order chi connectivity index (χ1) is 44.6. The van der Waals surface area contributed by atoms with Crippen LogP contribution in [0.3, 0.4) is 0 Å². The maximum atomic E-state index is 2.46. The van der Waals surface area contributed by atoms with Gasteiger partial charge in [-0.15, -0.1) is 0 Å². The van der Waals surface area contributed by atoms with Crippen LogP contribution in [0.4, 0.5) is 0 Å². The van der Waals surface area contributed by atoms with Crippen molar-refractivity contribution in [2.24, 2.45) is 0 Å². The summed E-state index contributed by atoms with van der Waals surface area (Å²) in [6.07, 6.45) is 40.4. The molecule has 0 spiro atoms. The summed E-state index contributed by atoms with van der Waals surface area (Å²) in [5.41, 5.74) is 26.5. The van der Waals surface area contributed by atoms with Gasteiger partial charge in [-0.05, 0) is 247 Å². The second kappa shape index (κ2) is 26.5. The fourth-order valence-electron chi connectivity index (χ4n) is 15.6. The van der Waals surface area contributed by atoms with Crippen molar-refractivity contribution in [3.63, 3.8) is 0 Å². The van der Waals surface area contributed by atoms with Gasteiger partial charge in [-0.3, -0.25) is 0 Å². The van der Waals surface area contributed by atoms with E-state index in [0.717, 1.165) is 0 Å². The maximum Gasteiger partial charge on any atom is -0.00201 e. The zero-order valence-corrected chi connectivity index (χ0v) is 52.4. The number of hydrogen-bond donors (Lipinski definition) is 0. The molecule has 11 aromatic rings. The van der Waals surface area contributed by atoms with Gasteiger partial charge in [0.05, 0.1) is 0 Å². The van der Waals surface area contributed by atoms with Gasteiger partial charge in [0.25, 0.3) is 0 Å². The Hall–Kier alpha value is -9.10. The Kier molecular flexibility index (Phi) is 16.9. The van der Waals surface area contributed by atoms with Crippen LogP contribution < -0.4 is 0 Å². The van der Waals surface area contributed by atoms with E-state index in [1.807, 2.05) is 0 Å². The molecule has 4 saturated carbocycles. The van der Waals surface area contributed by atoms with Crippen LogP contribution in [0.5, 0.6) is 0 Å². The summed E-state index contributed by atoms with van der Waals surface area (Å²) in [5, 5.41) is 10.0. The highest BCUT2D eigenvalue weighted by Crippen LogP contribution is 2.48. The lowest BCUT2D eigenvalue weighted by atomic mass is 9.82. The van der Waals surface area contributed by atoms with Crippen molar-refractivity contribution in [1.29, 1.82) is 0 Å². The van der Waals surface area contributed by atoms with Crippen molar-refractivity contribution >= 4 is 90.7 Å². The lowest BCUT2D eigenvalue weighted by molar-refractivity contribution is 0.602. The second-order valence-corrected chi connectivity index (χ2v) is 26.4. The minimum Gasteiger partial charge on any atom is -0.0696 e. The highest BCUT2D eigenvalue weighted by atomic mass is 14.3. The van der Waals surface area contributed by atoms with Gasteiger partial charge in [0.15, 0.2) is 0 Å². The number of benzene rings is 11. The first-order valence-electron chi connectivity index (χ1n) is 34.2. The van der Waals surface area contributed by atoms with Gasteiger partial charge in [0.2, 0.25) is 0 Å². The Bertz CT molecular complexity index is 4110. The topological polar surface area (TPSA) is 0 Å². The molecule has 0 aliphatic heterocycles. The summed E-state index contributed by atoms with van der Waals surface area (Å²) in [6, 6.07) is 83.8. The Morgan fingerprint density at radius 1 is 0.211 bits per heavy atom. The molecule has 0 atom stereocenters. The van der Waals surface area contributed by atoms with Crippen LogP contribution in [0.1, 0.15) is 184 Å². The first-order valence-corrected chi connectivity index (χ1v) is 34.2. The molecule has 0 unspecified atom stereocenters. The van der Waals surface area contributed by atoms with Crippen molar-refractivity contribution in [3.8, 4) is 22.3 Å². The third-order valence-electron chi connectivity index (χ3n) is 20.3. The van der Waals surface area contributed by atoms with Crippen LogP contribution in [0.25, 0.3) is 113 Å². The average molecular weight is 1160 g/mol. The maximum absolute atomic E-state index is 2.46. The molecule has 442 valence electrons. The number of hydrogen-bond acceptors (Lipinski definition) is 0. The zero-order valence-electron chi connectivity index (χ0n) is 52.4. The van der Waals surface area contributed by atoms with Crippen LogP contribution in [0.15, 0.2) is 241 Å². The van der Waals surface area contributed by atoms with E-state index < -0.39 is 0 Å². The molecule has 90 heavy (non-hydrogen) atoms. The van der Waals surface area contributed by atoms with E-state index in [4.69, 9.17) is 0 Å². The quantitative estimate of drug-likeness (QED) is 0.0845. The van der Waals surface area contributed by atoms with Crippen LogP contribution >= 0.6 is 0 Å². The summed E-state index contributed by atoms with van der Waals surface area (Å²) >= 11 is 0. The summed E-state index contributed by atoms with van der Waals surface area (Å²) in [6.45, 7) is 0. The summed E-state index contributed by atoms with van der Waals surface area (Å²) in [5.74, 6) is 0. The molecule has 0 amide bonds. The second-order valence-electron chi connectivity index (χ2n) is 26.4. The number of fused-ring (bicyclic) bond motifs is 4. The Morgan fingerprint density at radius 2 is 0.444 bits per heavy atom. The lowest BCUT2D eigenvalue weighted by Crippen LogP contribution is -1.95. The molecule has 0 saturated heterocycles. The standard InChI is InChI=1S/C90H82/c1-5-21-63(22-6-1)57-67-37-45-71(46-38-67)87(72-47-39-68(40-48-72)58-64-23-7-2-8-24-64)61-75-53-55-85(79-31-15-13-29-77(75)79)89-81-33-17-19-35-83(81)90(84-36-20-18-34-82(84)89)86-56-54-76(78-30-14-16-32-80(78)86)62-88(73-49-41-69(42-50-73)59-65-25-9-3-10-26-65)74-51-43-70(44-52-74)60-66-27-11-4-12-28-66/h13-20,29-62H,1-12,21-28H2. The van der Waals surface area contributed by atoms with Crippen molar-refractivity contribution in [2.45, 2.75) is 128 Å². The summed E-state index contributed by atoms with van der Waals surface area (Å²) < 4.78 is 0. The van der Waals surface area contributed by atoms with Gasteiger partial charge < -0.3 is 0 Å². The van der Waals surface area contributed by atoms with Crippen molar-refractivity contribution in [2.75, 3.05) is 0 Å². The van der Waals surface area contributed by atoms with E-state index in [2.05, 4.69) is 255 Å². The smallest absolute Gasteiger partial charge is 0.00201 e. The largest absolute Gasteiger partial charge is 0.0696 e. The molecule has 11 aromatic carbocycles. The molecule has 4 aliphatic rings. The van der Waals surface area contributed by atoms with Gasteiger partial charge in [0.1, 0.15) is 0 Å². The molecule has 4 fully saturated rings. The fraction of sp³-hybridized carbons (Fsp3) is 0.222. The Morgan fingerprint density at radius 3 is 0.700 bits per heavy atom. The molecule has 0 N–H and O–H groups in total. The number of rotatable bonds is 12. The van der Waals surface area contributed by atoms with E-state index >= 15 is 0 Å². The van der Waals surface area contributed by atoms with Crippen LogP contribution in [0.2, 0.25) is 0 Å². The van der Waals surface area contributed by atoms with E-state index in [1.165, 1.54) is 261 Å². The third kappa shape index (κ3) is 12.3. The summed E-state index contributed by atoms with van der Waals surface area (Å²) in [4.78, 5) is 0. The Labute approximate surface area is 534 Å². The molecular formula is C90H82. The van der Waals surface area contributed by atoms with Crippen LogP contribution in [-0.2, 0) is 0 Å². The molecule has 15 rings (SSSR count). The average Bonchev–Trinajstić information content (AvgIpc) is 0.779. The highest BCUT2D eigenvalue weighted by Gasteiger charge is 2.22. The van der Waals surface area contributed by atoms with E-state index in [0.29, 0.717) is 0 Å². The Balaban J connectivity index is 0.839. The van der Waals surface area contributed by atoms with Crippen molar-refractivity contribution in [1.82, 2.24) is 0 Å². The SMILES string of the molecule is C(=C1CCCCC1)c1ccc(C(=Cc2ccc(-c3c4ccccc4c(-c4ccc(C=C(c5ccc(C=C6CCCCC6)cc5)c5ccc(C=C6CCCCC6)cc5)c5ccccc45)c4ccccc34)c3ccccc23)c2ccc(C=C3CCCCC3)cc2)cc1.